The molecule has 0 aromatic heterocycles. The van der Waals surface area contributed by atoms with E-state index < -0.39 is 50.0 Å². The summed E-state index contributed by atoms with van der Waals surface area (Å²) in [7, 11) is -4.08. The molecule has 2 unspecified atom stereocenters. The number of hydrogen-bond donors (Lipinski definition) is 3. The van der Waals surface area contributed by atoms with Gasteiger partial charge >= 0.3 is 0 Å². The molecule has 2 aliphatic rings. The van der Waals surface area contributed by atoms with Gasteiger partial charge in [-0.1, -0.05) is 11.6 Å². The number of benzene rings is 2. The highest BCUT2D eigenvalue weighted by atomic mass is 35.5. The predicted octanol–water partition coefficient (Wildman–Crippen LogP) is 3.85. The van der Waals surface area contributed by atoms with Crippen LogP contribution in [0.15, 0.2) is 35.2 Å². The number of nitrogens with two attached hydrogens (primary N) is 1. The molecule has 2 aromatic rings. The van der Waals surface area contributed by atoms with Gasteiger partial charge in [-0.05, 0) is 43.4 Å². The maximum Gasteiger partial charge on any atom is 0.255 e. The number of sulfone groups is 1. The predicted molar refractivity (Wildman–Crippen MR) is 120 cm³/mol. The molecule has 4 N–H and O–H groups in total. The van der Waals surface area contributed by atoms with Crippen molar-refractivity contribution >= 4 is 45.3 Å². The third-order valence-electron chi connectivity index (χ3n) is 6.49. The second-order valence-corrected chi connectivity index (χ2v) is 11.4. The van der Waals surface area contributed by atoms with Crippen LogP contribution in [0, 0.1) is 29.3 Å². The first-order valence-corrected chi connectivity index (χ1v) is 12.9. The van der Waals surface area contributed by atoms with Gasteiger partial charge in [-0.3, -0.25) is 14.1 Å². The molecule has 0 aliphatic heterocycles. The normalized spacial score (nSPS) is 26.1. The zero-order valence-electron chi connectivity index (χ0n) is 17.4. The van der Waals surface area contributed by atoms with Gasteiger partial charge in [-0.15, -0.1) is 0 Å². The van der Waals surface area contributed by atoms with Crippen molar-refractivity contribution in [1.29, 1.82) is 0 Å². The lowest BCUT2D eigenvalue weighted by Gasteiger charge is -2.31. The molecule has 2 aromatic carbocycles. The number of amides is 1. The minimum atomic E-state index is -4.08. The van der Waals surface area contributed by atoms with Crippen molar-refractivity contribution in [2.45, 2.75) is 35.0 Å². The summed E-state index contributed by atoms with van der Waals surface area (Å²) in [6, 6.07) is 4.75. The monoisotopic (exact) mass is 536 g/mol. The van der Waals surface area contributed by atoms with Crippen molar-refractivity contribution in [2.75, 3.05) is 11.9 Å². The van der Waals surface area contributed by atoms with Crippen LogP contribution in [0.3, 0.4) is 0 Å². The number of hydrogen-bond acceptors (Lipinski definition) is 7. The molecule has 4 atom stereocenters. The highest BCUT2D eigenvalue weighted by molar-refractivity contribution is 7.92. The summed E-state index contributed by atoms with van der Waals surface area (Å²) in [5.74, 6) is -6.47. The number of fused-ring (bicyclic) bond motifs is 2. The minimum Gasteiger partial charge on any atom is -0.387 e. The zero-order valence-corrected chi connectivity index (χ0v) is 19.8. The average Bonchev–Trinajstić information content (AvgIpc) is 3.32. The number of carbonyl (C=O) groups excluding carboxylic acids is 1. The van der Waals surface area contributed by atoms with E-state index in [0.717, 1.165) is 6.07 Å². The lowest BCUT2D eigenvalue weighted by molar-refractivity contribution is -0.0438. The molecule has 2 bridgehead atoms. The van der Waals surface area contributed by atoms with Crippen LogP contribution in [-0.2, 0) is 14.0 Å². The van der Waals surface area contributed by atoms with Crippen LogP contribution >= 0.6 is 23.8 Å². The van der Waals surface area contributed by atoms with Crippen molar-refractivity contribution in [1.82, 2.24) is 0 Å². The molecular weight excluding hydrogens is 517 g/mol. The summed E-state index contributed by atoms with van der Waals surface area (Å²) in [4.78, 5) is 12.3. The maximum atomic E-state index is 13.6. The summed E-state index contributed by atoms with van der Waals surface area (Å²) >= 11 is 6.78. The summed E-state index contributed by atoms with van der Waals surface area (Å²) in [5.41, 5.74) is -1.85. The highest BCUT2D eigenvalue weighted by Crippen LogP contribution is 2.55. The zero-order chi connectivity index (χ0) is 24.8. The Balaban J connectivity index is 1.63. The van der Waals surface area contributed by atoms with Gasteiger partial charge in [0.2, 0.25) is 0 Å². The van der Waals surface area contributed by atoms with Crippen LogP contribution < -0.4 is 10.5 Å². The van der Waals surface area contributed by atoms with Gasteiger partial charge in [0.1, 0.15) is 0 Å². The second-order valence-electron chi connectivity index (χ2n) is 8.47. The smallest absolute Gasteiger partial charge is 0.255 e. The Morgan fingerprint density at radius 1 is 1.24 bits per heavy atom. The van der Waals surface area contributed by atoms with E-state index in [1.54, 1.807) is 0 Å². The van der Waals surface area contributed by atoms with E-state index in [9.17, 15) is 31.5 Å². The third-order valence-corrected chi connectivity index (χ3v) is 9.57. The van der Waals surface area contributed by atoms with E-state index in [0.29, 0.717) is 37.2 Å². The standard InChI is InChI=1S/C21H20ClF3N2O5S2/c22-14-4-2-10(20(28)27-12-6-15(23)18(25)16(24)7-12)5-17(14)34(30,31)19-11-1-3-13(19)21(29,8-11)9-32-33-26/h2,4-7,11,13,19,29H,1,3,8-9,26H2,(H,27,28)/t11?,13?,19-,21+/m1/s1. The number of nitrogens with one attached hydrogen (secondary N) is 1. The van der Waals surface area contributed by atoms with Gasteiger partial charge in [0.25, 0.3) is 5.91 Å². The Morgan fingerprint density at radius 3 is 2.56 bits per heavy atom. The fourth-order valence-corrected chi connectivity index (χ4v) is 8.26. The number of anilines is 1. The van der Waals surface area contributed by atoms with E-state index in [-0.39, 0.29) is 40.1 Å². The Bertz CT molecular complexity index is 1230. The fraction of sp³-hybridized carbons (Fsp3) is 0.381. The van der Waals surface area contributed by atoms with E-state index in [1.807, 2.05) is 0 Å². The van der Waals surface area contributed by atoms with E-state index >= 15 is 0 Å². The lowest BCUT2D eigenvalue weighted by atomic mass is 9.85. The number of aliphatic hydroxyl groups is 1. The summed E-state index contributed by atoms with van der Waals surface area (Å²) < 4.78 is 72.4. The van der Waals surface area contributed by atoms with Gasteiger partial charge in [-0.2, -0.15) is 0 Å². The Kier molecular flexibility index (Phi) is 6.93. The van der Waals surface area contributed by atoms with Crippen molar-refractivity contribution in [3.63, 3.8) is 0 Å². The van der Waals surface area contributed by atoms with Gasteiger partial charge in [0.05, 0.1) is 39.6 Å². The molecule has 7 nitrogen and oxygen atoms in total. The van der Waals surface area contributed by atoms with Crippen molar-refractivity contribution in [3.05, 3.63) is 58.4 Å². The third kappa shape index (κ3) is 4.42. The quantitative estimate of drug-likeness (QED) is 0.279. The first-order chi connectivity index (χ1) is 16.0. The van der Waals surface area contributed by atoms with Crippen LogP contribution in [0.4, 0.5) is 18.9 Å². The lowest BCUT2D eigenvalue weighted by Crippen LogP contribution is -2.42. The molecule has 0 saturated heterocycles. The van der Waals surface area contributed by atoms with Gasteiger partial charge in [-0.25, -0.2) is 21.6 Å². The summed E-state index contributed by atoms with van der Waals surface area (Å²) in [5, 5.41) is 17.4. The van der Waals surface area contributed by atoms with Crippen molar-refractivity contribution < 1.29 is 35.7 Å². The summed E-state index contributed by atoms with van der Waals surface area (Å²) in [6.07, 6.45) is 1.30. The molecule has 2 aliphatic carbocycles. The molecule has 2 fully saturated rings. The largest absolute Gasteiger partial charge is 0.387 e. The molecule has 1 amide bonds. The first-order valence-electron chi connectivity index (χ1n) is 10.2. The summed E-state index contributed by atoms with van der Waals surface area (Å²) in [6.45, 7) is -0.123. The van der Waals surface area contributed by atoms with Gasteiger partial charge in [0.15, 0.2) is 27.3 Å². The van der Waals surface area contributed by atoms with Crippen molar-refractivity contribution in [3.8, 4) is 0 Å². The van der Waals surface area contributed by atoms with Crippen LogP contribution in [0.2, 0.25) is 5.02 Å². The van der Waals surface area contributed by atoms with E-state index in [1.165, 1.54) is 12.1 Å². The Hall–Kier alpha value is -1.83. The fourth-order valence-electron chi connectivity index (χ4n) is 5.06. The molecule has 4 rings (SSSR count). The SMILES string of the molecule is NSOC[C@@]1(O)CC2CCC1[C@@H]2S(=O)(=O)c1cc(C(=O)Nc2cc(F)c(F)c(F)c2)ccc1Cl. The molecule has 13 heteroatoms. The van der Waals surface area contributed by atoms with Crippen LogP contribution in [-0.4, -0.2) is 36.9 Å². The molecule has 2 saturated carbocycles. The molecule has 34 heavy (non-hydrogen) atoms. The van der Waals surface area contributed by atoms with Crippen LogP contribution in [0.1, 0.15) is 29.6 Å². The topological polar surface area (TPSA) is 119 Å². The van der Waals surface area contributed by atoms with E-state index in [2.05, 4.69) is 5.32 Å². The van der Waals surface area contributed by atoms with Gasteiger partial charge in [0, 0.05) is 29.3 Å². The molecule has 184 valence electrons. The second kappa shape index (κ2) is 9.32. The maximum absolute atomic E-state index is 13.6. The number of carbonyl (C=O) groups is 1. The average molecular weight is 537 g/mol. The first kappa shape index (κ1) is 25.3. The minimum absolute atomic E-state index is 0.112. The Morgan fingerprint density at radius 2 is 1.91 bits per heavy atom. The molecule has 0 radical (unpaired) electrons. The molecular formula is C21H20ClF3N2O5S2. The molecule has 0 heterocycles. The highest BCUT2D eigenvalue weighted by Gasteiger charge is 2.61. The van der Waals surface area contributed by atoms with Crippen LogP contribution in [0.25, 0.3) is 0 Å². The van der Waals surface area contributed by atoms with Crippen molar-refractivity contribution in [2.24, 2.45) is 17.0 Å². The van der Waals surface area contributed by atoms with Crippen LogP contribution in [0.5, 0.6) is 0 Å². The Labute approximate surface area is 203 Å². The molecule has 0 spiro atoms. The number of rotatable bonds is 7. The van der Waals surface area contributed by atoms with Gasteiger partial charge < -0.3 is 10.4 Å². The van der Waals surface area contributed by atoms with E-state index in [4.69, 9.17) is 20.9 Å². The number of halogens is 4.